The Balaban J connectivity index is 0.00000210. The quantitative estimate of drug-likeness (QED) is 0.361. The van der Waals surface area contributed by atoms with E-state index in [2.05, 4.69) is 20.1 Å². The van der Waals surface area contributed by atoms with Crippen molar-refractivity contribution < 1.29 is 14.3 Å². The Kier molecular flexibility index (Phi) is 11.0. The largest absolute Gasteiger partial charge is 0.486 e. The Morgan fingerprint density at radius 2 is 1.72 bits per heavy atom. The van der Waals surface area contributed by atoms with Crippen LogP contribution in [0, 0.1) is 13.8 Å². The number of benzene rings is 2. The summed E-state index contributed by atoms with van der Waals surface area (Å²) in [6.07, 6.45) is 0.866. The molecule has 0 aliphatic carbocycles. The molecule has 0 saturated carbocycles. The molecular weight excluding hydrogens is 584 g/mol. The smallest absolute Gasteiger partial charge is 0.271 e. The summed E-state index contributed by atoms with van der Waals surface area (Å²) in [6, 6.07) is 11.5. The van der Waals surface area contributed by atoms with E-state index in [4.69, 9.17) is 32.7 Å². The highest BCUT2D eigenvalue weighted by Gasteiger charge is 2.22. The summed E-state index contributed by atoms with van der Waals surface area (Å²) in [7, 11) is 0. The van der Waals surface area contributed by atoms with Gasteiger partial charge in [-0.25, -0.2) is 4.98 Å². The summed E-state index contributed by atoms with van der Waals surface area (Å²) in [4.78, 5) is 22.2. The van der Waals surface area contributed by atoms with Crippen molar-refractivity contribution in [3.05, 3.63) is 63.7 Å². The standard InChI is InChI=1S/C27H31Cl2N5O3.2ClH/c1-18-26(31-19(2)34(18)20-7-8-23-24(17-20)37-16-15-36-23)27(35)30-9-4-10-32-11-13-33(14-12-32)22-6-3-5-21(28)25(22)29;;/h3,5-8,17H,4,9-16H2,1-2H3,(H,30,35);2*1H. The number of aromatic nitrogens is 2. The highest BCUT2D eigenvalue weighted by atomic mass is 35.5. The fourth-order valence-electron chi connectivity index (χ4n) is 4.95. The summed E-state index contributed by atoms with van der Waals surface area (Å²) >= 11 is 12.6. The number of ether oxygens (including phenoxy) is 2. The number of carbonyl (C=O) groups is 1. The molecule has 1 aromatic heterocycles. The number of halogens is 4. The van der Waals surface area contributed by atoms with Crippen LogP contribution in [0.1, 0.15) is 28.4 Å². The van der Waals surface area contributed by atoms with Crippen LogP contribution in [0.5, 0.6) is 11.5 Å². The summed E-state index contributed by atoms with van der Waals surface area (Å²) in [5.74, 6) is 2.03. The van der Waals surface area contributed by atoms with Gasteiger partial charge in [0.05, 0.1) is 27.1 Å². The van der Waals surface area contributed by atoms with E-state index in [1.165, 1.54) is 0 Å². The number of carbonyl (C=O) groups excluding carboxylic acids is 1. The number of rotatable bonds is 7. The average molecular weight is 617 g/mol. The highest BCUT2D eigenvalue weighted by molar-refractivity contribution is 6.43. The van der Waals surface area contributed by atoms with Crippen LogP contribution in [0.25, 0.3) is 5.69 Å². The maximum Gasteiger partial charge on any atom is 0.271 e. The van der Waals surface area contributed by atoms with E-state index in [-0.39, 0.29) is 30.7 Å². The maximum absolute atomic E-state index is 12.9. The molecule has 0 spiro atoms. The molecule has 5 rings (SSSR count). The van der Waals surface area contributed by atoms with Crippen LogP contribution >= 0.6 is 48.0 Å². The minimum Gasteiger partial charge on any atom is -0.486 e. The predicted octanol–water partition coefficient (Wildman–Crippen LogP) is 5.35. The number of piperazine rings is 1. The van der Waals surface area contributed by atoms with Gasteiger partial charge in [0.15, 0.2) is 11.5 Å². The van der Waals surface area contributed by atoms with Crippen molar-refractivity contribution in [3.63, 3.8) is 0 Å². The summed E-state index contributed by atoms with van der Waals surface area (Å²) in [5, 5.41) is 4.24. The van der Waals surface area contributed by atoms with E-state index < -0.39 is 0 Å². The zero-order valence-electron chi connectivity index (χ0n) is 21.9. The van der Waals surface area contributed by atoms with Crippen molar-refractivity contribution in [2.45, 2.75) is 20.3 Å². The fourth-order valence-corrected chi connectivity index (χ4v) is 5.36. The highest BCUT2D eigenvalue weighted by Crippen LogP contribution is 2.34. The van der Waals surface area contributed by atoms with Gasteiger partial charge in [0.1, 0.15) is 24.7 Å². The van der Waals surface area contributed by atoms with E-state index >= 15 is 0 Å². The number of fused-ring (bicyclic) bond motifs is 1. The molecule has 0 radical (unpaired) electrons. The fraction of sp³-hybridized carbons (Fsp3) is 0.407. The lowest BCUT2D eigenvalue weighted by atomic mass is 10.2. The van der Waals surface area contributed by atoms with Crippen molar-refractivity contribution >= 4 is 59.6 Å². The lowest BCUT2D eigenvalue weighted by molar-refractivity contribution is 0.0946. The van der Waals surface area contributed by atoms with Crippen molar-refractivity contribution in [1.29, 1.82) is 0 Å². The Hall–Kier alpha value is -2.36. The molecule has 0 bridgehead atoms. The van der Waals surface area contributed by atoms with Gasteiger partial charge >= 0.3 is 0 Å². The molecule has 212 valence electrons. The Bertz CT molecular complexity index is 1290. The molecule has 0 atom stereocenters. The summed E-state index contributed by atoms with van der Waals surface area (Å²) < 4.78 is 13.3. The van der Waals surface area contributed by atoms with Gasteiger partial charge in [-0.15, -0.1) is 24.8 Å². The van der Waals surface area contributed by atoms with Gasteiger partial charge in [0, 0.05) is 38.8 Å². The van der Waals surface area contributed by atoms with E-state index in [1.807, 2.05) is 54.8 Å². The monoisotopic (exact) mass is 615 g/mol. The number of anilines is 1. The Labute approximate surface area is 251 Å². The van der Waals surface area contributed by atoms with Crippen molar-refractivity contribution in [2.24, 2.45) is 0 Å². The second-order valence-electron chi connectivity index (χ2n) is 9.27. The lowest BCUT2D eigenvalue weighted by Crippen LogP contribution is -2.47. The van der Waals surface area contributed by atoms with Crippen molar-refractivity contribution in [1.82, 2.24) is 19.8 Å². The van der Waals surface area contributed by atoms with Crippen LogP contribution in [-0.4, -0.2) is 72.8 Å². The summed E-state index contributed by atoms with van der Waals surface area (Å²) in [6.45, 7) is 10.1. The number of aryl methyl sites for hydroxylation is 1. The third-order valence-electron chi connectivity index (χ3n) is 6.86. The molecule has 0 unspecified atom stereocenters. The number of hydrogen-bond donors (Lipinski definition) is 1. The average Bonchev–Trinajstić information content (AvgIpc) is 3.22. The molecule has 12 heteroatoms. The Morgan fingerprint density at radius 1 is 1.00 bits per heavy atom. The van der Waals surface area contributed by atoms with Crippen LogP contribution in [-0.2, 0) is 0 Å². The van der Waals surface area contributed by atoms with Crippen LogP contribution in [0.3, 0.4) is 0 Å². The second kappa shape index (κ2) is 13.8. The molecular formula is C27H33Cl4N5O3. The van der Waals surface area contributed by atoms with Crippen molar-refractivity contribution in [3.8, 4) is 17.2 Å². The topological polar surface area (TPSA) is 71.9 Å². The second-order valence-corrected chi connectivity index (χ2v) is 10.1. The molecule has 2 aromatic carbocycles. The van der Waals surface area contributed by atoms with E-state index in [9.17, 15) is 4.79 Å². The zero-order chi connectivity index (χ0) is 25.9. The van der Waals surface area contributed by atoms with Crippen LogP contribution < -0.4 is 19.7 Å². The van der Waals surface area contributed by atoms with E-state index in [1.54, 1.807) is 0 Å². The number of nitrogens with one attached hydrogen (secondary N) is 1. The molecule has 3 heterocycles. The first-order valence-electron chi connectivity index (χ1n) is 12.6. The normalized spacial score (nSPS) is 14.8. The first-order valence-corrected chi connectivity index (χ1v) is 13.3. The van der Waals surface area contributed by atoms with Gasteiger partial charge in [-0.1, -0.05) is 29.3 Å². The molecule has 39 heavy (non-hydrogen) atoms. The van der Waals surface area contributed by atoms with E-state index in [0.717, 1.165) is 67.8 Å². The van der Waals surface area contributed by atoms with Gasteiger partial charge < -0.3 is 24.3 Å². The third kappa shape index (κ3) is 6.87. The van der Waals surface area contributed by atoms with E-state index in [0.29, 0.717) is 41.2 Å². The summed E-state index contributed by atoms with van der Waals surface area (Å²) in [5.41, 5.74) is 3.12. The molecule has 3 aromatic rings. The SMILES string of the molecule is Cc1nc(C(=O)NCCCN2CCN(c3cccc(Cl)c3Cl)CC2)c(C)n1-c1ccc2c(c1)OCCO2.Cl.Cl. The molecule has 2 aliphatic rings. The molecule has 1 N–H and O–H groups in total. The Morgan fingerprint density at radius 3 is 2.46 bits per heavy atom. The van der Waals surface area contributed by atoms with Gasteiger partial charge in [-0.3, -0.25) is 9.69 Å². The van der Waals surface area contributed by atoms with Crippen LogP contribution in [0.15, 0.2) is 36.4 Å². The van der Waals surface area contributed by atoms with Gasteiger partial charge in [0.25, 0.3) is 5.91 Å². The molecule has 1 saturated heterocycles. The first-order chi connectivity index (χ1) is 17.9. The molecule has 2 aliphatic heterocycles. The van der Waals surface area contributed by atoms with Crippen LogP contribution in [0.2, 0.25) is 10.0 Å². The first kappa shape index (κ1) is 31.2. The van der Waals surface area contributed by atoms with Crippen molar-refractivity contribution in [2.75, 3.05) is 57.4 Å². The zero-order valence-corrected chi connectivity index (χ0v) is 25.1. The van der Waals surface area contributed by atoms with Gasteiger partial charge in [-0.05, 0) is 51.1 Å². The molecule has 1 amide bonds. The number of amides is 1. The third-order valence-corrected chi connectivity index (χ3v) is 7.66. The van der Waals surface area contributed by atoms with Gasteiger partial charge in [-0.2, -0.15) is 0 Å². The minimum absolute atomic E-state index is 0. The number of hydrogen-bond acceptors (Lipinski definition) is 6. The molecule has 1 fully saturated rings. The minimum atomic E-state index is -0.155. The lowest BCUT2D eigenvalue weighted by Gasteiger charge is -2.36. The molecule has 8 nitrogen and oxygen atoms in total. The van der Waals surface area contributed by atoms with Crippen LogP contribution in [0.4, 0.5) is 5.69 Å². The predicted molar refractivity (Wildman–Crippen MR) is 161 cm³/mol. The maximum atomic E-state index is 12.9. The number of imidazole rings is 1. The van der Waals surface area contributed by atoms with Gasteiger partial charge in [0.2, 0.25) is 0 Å². The number of nitrogens with zero attached hydrogens (tertiary/aromatic N) is 4.